The van der Waals surface area contributed by atoms with E-state index in [1.807, 2.05) is 0 Å². The van der Waals surface area contributed by atoms with Crippen LogP contribution >= 0.6 is 0 Å². The van der Waals surface area contributed by atoms with Crippen LogP contribution in [0.5, 0.6) is 0 Å². The summed E-state index contributed by atoms with van der Waals surface area (Å²) in [7, 11) is 0. The standard InChI is InChI=1S/C17H24NO2/c19-16-15-7-4-9-18(15,11-13-5-2-1-3-6-13)12-14-8-10-20-17(14)16/h1-3,5-6,14-17,19H,4,7-12H2/q+1/t14-,15-,16+,17-,18?/m0/s1. The van der Waals surface area contributed by atoms with Crippen LogP contribution in [0.3, 0.4) is 0 Å². The number of hydrogen-bond donors (Lipinski definition) is 1. The lowest BCUT2D eigenvalue weighted by Gasteiger charge is -2.49. The van der Waals surface area contributed by atoms with E-state index in [9.17, 15) is 5.11 Å². The Balaban J connectivity index is 1.64. The fourth-order valence-corrected chi connectivity index (χ4v) is 4.90. The quantitative estimate of drug-likeness (QED) is 0.835. The van der Waals surface area contributed by atoms with Crippen LogP contribution in [0.2, 0.25) is 0 Å². The zero-order chi connectivity index (χ0) is 13.6. The number of benzene rings is 1. The van der Waals surface area contributed by atoms with Gasteiger partial charge < -0.3 is 14.3 Å². The van der Waals surface area contributed by atoms with E-state index in [-0.39, 0.29) is 12.2 Å². The number of rotatable bonds is 2. The molecule has 3 nitrogen and oxygen atoms in total. The summed E-state index contributed by atoms with van der Waals surface area (Å²) in [6, 6.07) is 11.2. The zero-order valence-electron chi connectivity index (χ0n) is 11.9. The second kappa shape index (κ2) is 4.83. The van der Waals surface area contributed by atoms with Crippen molar-refractivity contribution in [3.63, 3.8) is 0 Å². The number of nitrogens with zero attached hydrogens (tertiary/aromatic N) is 1. The van der Waals surface area contributed by atoms with Crippen molar-refractivity contribution in [1.29, 1.82) is 0 Å². The molecule has 4 rings (SSSR count). The third-order valence-electron chi connectivity index (χ3n) is 5.74. The molecule has 0 spiro atoms. The van der Waals surface area contributed by atoms with Gasteiger partial charge in [-0.25, -0.2) is 0 Å². The molecule has 3 saturated heterocycles. The first kappa shape index (κ1) is 12.8. The summed E-state index contributed by atoms with van der Waals surface area (Å²) in [6.07, 6.45) is 3.38. The van der Waals surface area contributed by atoms with Gasteiger partial charge in [0.1, 0.15) is 18.7 Å². The molecule has 3 heteroatoms. The minimum absolute atomic E-state index is 0.111. The highest BCUT2D eigenvalue weighted by Gasteiger charge is 2.56. The summed E-state index contributed by atoms with van der Waals surface area (Å²) in [6.45, 7) is 4.33. The van der Waals surface area contributed by atoms with E-state index in [0.717, 1.165) is 30.5 Å². The van der Waals surface area contributed by atoms with Gasteiger partial charge in [-0.1, -0.05) is 30.3 Å². The van der Waals surface area contributed by atoms with Crippen LogP contribution in [-0.2, 0) is 11.3 Å². The van der Waals surface area contributed by atoms with Crippen LogP contribution < -0.4 is 0 Å². The van der Waals surface area contributed by atoms with E-state index >= 15 is 0 Å². The van der Waals surface area contributed by atoms with Gasteiger partial charge in [0.2, 0.25) is 0 Å². The second-order valence-electron chi connectivity index (χ2n) is 6.85. The van der Waals surface area contributed by atoms with Gasteiger partial charge in [0, 0.05) is 30.9 Å². The van der Waals surface area contributed by atoms with E-state index in [1.165, 1.54) is 25.1 Å². The van der Waals surface area contributed by atoms with Crippen LogP contribution in [-0.4, -0.2) is 47.5 Å². The molecule has 5 atom stereocenters. The molecule has 1 aromatic carbocycles. The molecule has 3 aliphatic heterocycles. The Morgan fingerprint density at radius 2 is 2.05 bits per heavy atom. The molecule has 1 unspecified atom stereocenters. The summed E-state index contributed by atoms with van der Waals surface area (Å²) in [5.74, 6) is 0.558. The lowest BCUT2D eigenvalue weighted by molar-refractivity contribution is -0.963. The number of piperidine rings is 1. The molecule has 1 N–H and O–H groups in total. The Bertz CT molecular complexity index is 477. The largest absolute Gasteiger partial charge is 0.384 e. The maximum Gasteiger partial charge on any atom is 0.132 e. The Kier molecular flexibility index (Phi) is 3.09. The molecule has 3 heterocycles. The zero-order valence-corrected chi connectivity index (χ0v) is 11.9. The van der Waals surface area contributed by atoms with Gasteiger partial charge in [0.15, 0.2) is 0 Å². The van der Waals surface area contributed by atoms with Crippen molar-refractivity contribution in [2.75, 3.05) is 19.7 Å². The molecule has 1 aromatic rings. The summed E-state index contributed by atoms with van der Waals surface area (Å²) in [5.41, 5.74) is 1.41. The van der Waals surface area contributed by atoms with Gasteiger partial charge in [-0.05, 0) is 6.42 Å². The van der Waals surface area contributed by atoms with Gasteiger partial charge in [-0.15, -0.1) is 0 Å². The third kappa shape index (κ3) is 1.92. The molecule has 0 aromatic heterocycles. The van der Waals surface area contributed by atoms with E-state index in [4.69, 9.17) is 4.74 Å². The van der Waals surface area contributed by atoms with Crippen LogP contribution in [0.4, 0.5) is 0 Å². The summed E-state index contributed by atoms with van der Waals surface area (Å²) < 4.78 is 6.91. The smallest absolute Gasteiger partial charge is 0.132 e. The SMILES string of the molecule is O[C@H]1[C@H]2OCC[C@H]2C[N+]2(Cc3ccccc3)CCC[C@@H]12. The Labute approximate surface area is 120 Å². The number of quaternary nitrogens is 1. The molecule has 0 bridgehead atoms. The number of ether oxygens (including phenoxy) is 1. The van der Waals surface area contributed by atoms with Gasteiger partial charge in [0.25, 0.3) is 0 Å². The van der Waals surface area contributed by atoms with E-state index in [1.54, 1.807) is 0 Å². The number of hydrogen-bond acceptors (Lipinski definition) is 2. The Hall–Kier alpha value is -0.900. The minimum Gasteiger partial charge on any atom is -0.384 e. The van der Waals surface area contributed by atoms with Crippen LogP contribution in [0.25, 0.3) is 0 Å². The third-order valence-corrected chi connectivity index (χ3v) is 5.74. The summed E-state index contributed by atoms with van der Waals surface area (Å²) in [4.78, 5) is 0. The van der Waals surface area contributed by atoms with Crippen LogP contribution in [0, 0.1) is 5.92 Å². The fraction of sp³-hybridized carbons (Fsp3) is 0.647. The fourth-order valence-electron chi connectivity index (χ4n) is 4.90. The van der Waals surface area contributed by atoms with Gasteiger partial charge in [-0.3, -0.25) is 0 Å². The number of aliphatic hydroxyl groups excluding tert-OH is 1. The number of aliphatic hydroxyl groups is 1. The average molecular weight is 274 g/mol. The van der Waals surface area contributed by atoms with E-state index in [0.29, 0.717) is 12.0 Å². The molecule has 3 fully saturated rings. The monoisotopic (exact) mass is 274 g/mol. The predicted octanol–water partition coefficient (Wildman–Crippen LogP) is 1.95. The highest BCUT2D eigenvalue weighted by atomic mass is 16.5. The predicted molar refractivity (Wildman–Crippen MR) is 77.0 cm³/mol. The topological polar surface area (TPSA) is 29.5 Å². The van der Waals surface area contributed by atoms with Crippen LogP contribution in [0.1, 0.15) is 24.8 Å². The van der Waals surface area contributed by atoms with Crippen molar-refractivity contribution in [3.05, 3.63) is 35.9 Å². The van der Waals surface area contributed by atoms with Crippen molar-refractivity contribution in [2.45, 2.75) is 44.1 Å². The lowest BCUT2D eigenvalue weighted by Crippen LogP contribution is -2.65. The maximum atomic E-state index is 10.8. The normalized spacial score (nSPS) is 43.2. The molecular weight excluding hydrogens is 250 g/mol. The first-order valence-electron chi connectivity index (χ1n) is 7.98. The molecule has 108 valence electrons. The maximum absolute atomic E-state index is 10.8. The summed E-state index contributed by atoms with van der Waals surface area (Å²) >= 11 is 0. The van der Waals surface area contributed by atoms with Gasteiger partial charge >= 0.3 is 0 Å². The Morgan fingerprint density at radius 1 is 1.20 bits per heavy atom. The highest BCUT2D eigenvalue weighted by molar-refractivity contribution is 5.14. The highest BCUT2D eigenvalue weighted by Crippen LogP contribution is 2.43. The average Bonchev–Trinajstić information content (AvgIpc) is 3.07. The number of fused-ring (bicyclic) bond motifs is 2. The molecule has 0 amide bonds. The first-order chi connectivity index (χ1) is 9.78. The second-order valence-corrected chi connectivity index (χ2v) is 6.85. The van der Waals surface area contributed by atoms with Gasteiger partial charge in [0.05, 0.1) is 19.2 Å². The van der Waals surface area contributed by atoms with E-state index in [2.05, 4.69) is 30.3 Å². The Morgan fingerprint density at radius 3 is 2.90 bits per heavy atom. The van der Waals surface area contributed by atoms with Crippen LogP contribution in [0.15, 0.2) is 30.3 Å². The first-order valence-corrected chi connectivity index (χ1v) is 7.98. The van der Waals surface area contributed by atoms with E-state index < -0.39 is 0 Å². The summed E-state index contributed by atoms with van der Waals surface area (Å²) in [5, 5.41) is 10.8. The molecule has 0 radical (unpaired) electrons. The van der Waals surface area contributed by atoms with Crippen molar-refractivity contribution >= 4 is 0 Å². The molecule has 20 heavy (non-hydrogen) atoms. The van der Waals surface area contributed by atoms with Crippen molar-refractivity contribution in [1.82, 2.24) is 0 Å². The molecule has 0 saturated carbocycles. The van der Waals surface area contributed by atoms with Gasteiger partial charge in [-0.2, -0.15) is 0 Å². The molecular formula is C17H24NO2+. The van der Waals surface area contributed by atoms with Crippen molar-refractivity contribution < 1.29 is 14.3 Å². The van der Waals surface area contributed by atoms with Crippen molar-refractivity contribution in [3.8, 4) is 0 Å². The minimum atomic E-state index is -0.262. The molecule has 0 aliphatic carbocycles. The molecule has 3 aliphatic rings. The lowest BCUT2D eigenvalue weighted by atomic mass is 9.85. The van der Waals surface area contributed by atoms with Crippen molar-refractivity contribution in [2.24, 2.45) is 5.92 Å².